The predicted octanol–water partition coefficient (Wildman–Crippen LogP) is 1.78. The van der Waals surface area contributed by atoms with E-state index in [2.05, 4.69) is 9.71 Å². The van der Waals surface area contributed by atoms with Gasteiger partial charge in [0.2, 0.25) is 10.0 Å². The molecule has 1 aromatic heterocycles. The Labute approximate surface area is 140 Å². The Bertz CT molecular complexity index is 777. The Hall–Kier alpha value is -2.29. The normalized spacial score (nSPS) is 12.6. The smallest absolute Gasteiger partial charge is 0.240 e. The summed E-state index contributed by atoms with van der Waals surface area (Å²) in [5.74, 6) is 0.547. The fourth-order valence-corrected chi connectivity index (χ4v) is 2.82. The number of ketones is 1. The molecule has 0 fully saturated rings. The van der Waals surface area contributed by atoms with Gasteiger partial charge in [0.05, 0.1) is 23.7 Å². The summed E-state index contributed by atoms with van der Waals surface area (Å²) >= 11 is 0. The van der Waals surface area contributed by atoms with Crippen LogP contribution in [0.25, 0.3) is 0 Å². The van der Waals surface area contributed by atoms with Crippen molar-refractivity contribution in [2.24, 2.45) is 0 Å². The van der Waals surface area contributed by atoms with Crippen molar-refractivity contribution in [3.05, 3.63) is 48.8 Å². The summed E-state index contributed by atoms with van der Waals surface area (Å²) < 4.78 is 32.0. The van der Waals surface area contributed by atoms with Crippen LogP contribution < -0.4 is 15.2 Å². The quantitative estimate of drug-likeness (QED) is 0.782. The monoisotopic (exact) mass is 348 g/mol. The molecule has 1 atom stereocenters. The second-order valence-electron chi connectivity index (χ2n) is 5.01. The SMILES string of the molecule is CCC([NH])C(=O)CNS(=O)(=O)c1ccc(Oc2cccnc2)cc1. The van der Waals surface area contributed by atoms with Crippen LogP contribution in [0.4, 0.5) is 0 Å². The molecule has 0 aliphatic carbocycles. The number of ether oxygens (including phenoxy) is 1. The van der Waals surface area contributed by atoms with Crippen LogP contribution in [0, 0.1) is 0 Å². The molecule has 1 radical (unpaired) electrons. The number of carbonyl (C=O) groups is 1. The number of benzene rings is 1. The Morgan fingerprint density at radius 1 is 1.25 bits per heavy atom. The highest BCUT2D eigenvalue weighted by atomic mass is 32.2. The highest BCUT2D eigenvalue weighted by Gasteiger charge is 2.18. The number of nitrogens with one attached hydrogen (secondary N) is 2. The number of aromatic nitrogens is 1. The van der Waals surface area contributed by atoms with Crippen molar-refractivity contribution >= 4 is 15.8 Å². The zero-order valence-electron chi connectivity index (χ0n) is 13.1. The van der Waals surface area contributed by atoms with Gasteiger partial charge >= 0.3 is 0 Å². The molecule has 0 aliphatic heterocycles. The van der Waals surface area contributed by atoms with Gasteiger partial charge in [-0.15, -0.1) is 0 Å². The Morgan fingerprint density at radius 2 is 1.96 bits per heavy atom. The van der Waals surface area contributed by atoms with E-state index in [0.717, 1.165) is 0 Å². The standard InChI is InChI=1S/C16H18N3O4S/c1-2-15(17)16(20)11-19-24(21,22)14-7-5-12(6-8-14)23-13-4-3-9-18-10-13/h3-10,15,17,19H,2,11H2,1H3. The summed E-state index contributed by atoms with van der Waals surface area (Å²) in [6.07, 6.45) is 3.51. The molecule has 0 amide bonds. The minimum atomic E-state index is -3.81. The van der Waals surface area contributed by atoms with Gasteiger partial charge in [0.1, 0.15) is 11.5 Å². The van der Waals surface area contributed by atoms with Gasteiger partial charge < -0.3 is 4.74 Å². The molecular weight excluding hydrogens is 330 g/mol. The largest absolute Gasteiger partial charge is 0.456 e. The van der Waals surface area contributed by atoms with Gasteiger partial charge in [0.25, 0.3) is 0 Å². The van der Waals surface area contributed by atoms with Gasteiger partial charge in [-0.2, -0.15) is 0 Å². The van der Waals surface area contributed by atoms with Crippen molar-refractivity contribution in [3.8, 4) is 11.5 Å². The van der Waals surface area contributed by atoms with Gasteiger partial charge in [0, 0.05) is 6.20 Å². The first-order chi connectivity index (χ1) is 11.4. The van der Waals surface area contributed by atoms with E-state index in [0.29, 0.717) is 17.9 Å². The van der Waals surface area contributed by atoms with E-state index < -0.39 is 28.4 Å². The number of hydrogen-bond donors (Lipinski definition) is 1. The lowest BCUT2D eigenvalue weighted by atomic mass is 10.1. The molecule has 0 bridgehead atoms. The highest BCUT2D eigenvalue weighted by molar-refractivity contribution is 7.89. The summed E-state index contributed by atoms with van der Waals surface area (Å²) in [6.45, 7) is 1.31. The molecule has 7 nitrogen and oxygen atoms in total. The van der Waals surface area contributed by atoms with Crippen LogP contribution in [0.2, 0.25) is 0 Å². The first-order valence-electron chi connectivity index (χ1n) is 7.34. The summed E-state index contributed by atoms with van der Waals surface area (Å²) in [7, 11) is -3.81. The van der Waals surface area contributed by atoms with Crippen LogP contribution in [0.15, 0.2) is 53.7 Å². The highest BCUT2D eigenvalue weighted by Crippen LogP contribution is 2.21. The third-order valence-corrected chi connectivity index (χ3v) is 4.65. The average Bonchev–Trinajstić information content (AvgIpc) is 2.60. The fourth-order valence-electron chi connectivity index (χ4n) is 1.83. The maximum Gasteiger partial charge on any atom is 0.240 e. The van der Waals surface area contributed by atoms with E-state index in [1.807, 2.05) is 0 Å². The molecule has 0 saturated heterocycles. The maximum atomic E-state index is 12.1. The Balaban J connectivity index is 2.02. The molecule has 8 heteroatoms. The topological polar surface area (TPSA) is 109 Å². The van der Waals surface area contributed by atoms with Crippen molar-refractivity contribution < 1.29 is 17.9 Å². The molecule has 2 rings (SSSR count). The van der Waals surface area contributed by atoms with Crippen molar-refractivity contribution in [1.82, 2.24) is 15.4 Å². The number of rotatable bonds is 8. The molecule has 0 saturated carbocycles. The van der Waals surface area contributed by atoms with Gasteiger partial charge in [-0.25, -0.2) is 18.9 Å². The van der Waals surface area contributed by atoms with Crippen LogP contribution in [0.3, 0.4) is 0 Å². The summed E-state index contributed by atoms with van der Waals surface area (Å²) in [4.78, 5) is 15.5. The first-order valence-corrected chi connectivity index (χ1v) is 8.82. The van der Waals surface area contributed by atoms with Gasteiger partial charge in [0.15, 0.2) is 5.78 Å². The number of pyridine rings is 1. The predicted molar refractivity (Wildman–Crippen MR) is 88.1 cm³/mol. The second-order valence-corrected chi connectivity index (χ2v) is 6.78. The van der Waals surface area contributed by atoms with Crippen LogP contribution >= 0.6 is 0 Å². The van der Waals surface area contributed by atoms with Crippen molar-refractivity contribution in [1.29, 1.82) is 0 Å². The minimum absolute atomic E-state index is 0.0202. The lowest BCUT2D eigenvalue weighted by Crippen LogP contribution is -2.35. The summed E-state index contributed by atoms with van der Waals surface area (Å²) in [6, 6.07) is 8.35. The molecule has 0 aliphatic rings. The molecule has 1 aromatic carbocycles. The summed E-state index contributed by atoms with van der Waals surface area (Å²) in [5.41, 5.74) is 7.47. The van der Waals surface area contributed by atoms with Crippen LogP contribution in [-0.2, 0) is 14.8 Å². The van der Waals surface area contributed by atoms with Crippen LogP contribution in [0.1, 0.15) is 13.3 Å². The molecule has 1 heterocycles. The zero-order valence-corrected chi connectivity index (χ0v) is 13.9. The molecule has 1 unspecified atom stereocenters. The third-order valence-electron chi connectivity index (χ3n) is 3.24. The second kappa shape index (κ2) is 8.00. The number of nitrogens with zero attached hydrogens (tertiary/aromatic N) is 1. The Morgan fingerprint density at radius 3 is 2.54 bits per heavy atom. The third kappa shape index (κ3) is 4.85. The molecular formula is C16H18N3O4S. The number of Topliss-reactive ketones (excluding diaryl/α,β-unsaturated/α-hetero) is 1. The van der Waals surface area contributed by atoms with E-state index in [9.17, 15) is 13.2 Å². The molecule has 127 valence electrons. The van der Waals surface area contributed by atoms with Crippen molar-refractivity contribution in [3.63, 3.8) is 0 Å². The number of carbonyl (C=O) groups excluding carboxylic acids is 1. The van der Waals surface area contributed by atoms with Gasteiger partial charge in [-0.3, -0.25) is 9.78 Å². The lowest BCUT2D eigenvalue weighted by molar-refractivity contribution is -0.119. The van der Waals surface area contributed by atoms with E-state index >= 15 is 0 Å². The van der Waals surface area contributed by atoms with Crippen LogP contribution in [0.5, 0.6) is 11.5 Å². The number of hydrogen-bond acceptors (Lipinski definition) is 5. The molecule has 24 heavy (non-hydrogen) atoms. The fraction of sp³-hybridized carbons (Fsp3) is 0.250. The number of sulfonamides is 1. The average molecular weight is 348 g/mol. The maximum absolute atomic E-state index is 12.1. The van der Waals surface area contributed by atoms with E-state index in [1.54, 1.807) is 31.5 Å². The lowest BCUT2D eigenvalue weighted by Gasteiger charge is -2.10. The summed E-state index contributed by atoms with van der Waals surface area (Å²) in [5, 5.41) is 0. The van der Waals surface area contributed by atoms with Crippen molar-refractivity contribution in [2.75, 3.05) is 6.54 Å². The molecule has 2 N–H and O–H groups in total. The Kier molecular flexibility index (Phi) is 6.02. The van der Waals surface area contributed by atoms with E-state index in [-0.39, 0.29) is 4.90 Å². The first kappa shape index (κ1) is 18.1. The van der Waals surface area contributed by atoms with Crippen molar-refractivity contribution in [2.45, 2.75) is 24.3 Å². The molecule has 0 spiro atoms. The van der Waals surface area contributed by atoms with Crippen LogP contribution in [-0.4, -0.2) is 31.8 Å². The molecule has 2 aromatic rings. The van der Waals surface area contributed by atoms with E-state index in [4.69, 9.17) is 10.5 Å². The van der Waals surface area contributed by atoms with Gasteiger partial charge in [-0.05, 0) is 42.8 Å². The minimum Gasteiger partial charge on any atom is -0.456 e. The van der Waals surface area contributed by atoms with E-state index in [1.165, 1.54) is 24.3 Å². The van der Waals surface area contributed by atoms with Gasteiger partial charge in [-0.1, -0.05) is 6.92 Å². The zero-order chi connectivity index (χ0) is 17.6.